The molecule has 0 aliphatic carbocycles. The molecule has 0 atom stereocenters. The van der Waals surface area contributed by atoms with Gasteiger partial charge in [0.25, 0.3) is 5.56 Å². The zero-order chi connectivity index (χ0) is 23.2. The summed E-state index contributed by atoms with van der Waals surface area (Å²) in [6.45, 7) is 8.43. The summed E-state index contributed by atoms with van der Waals surface area (Å²) in [7, 11) is 0. The van der Waals surface area contributed by atoms with Crippen molar-refractivity contribution in [1.29, 1.82) is 0 Å². The van der Waals surface area contributed by atoms with Gasteiger partial charge in [0.1, 0.15) is 4.70 Å². The molecule has 172 valence electrons. The lowest BCUT2D eigenvalue weighted by Gasteiger charge is -2.41. The predicted octanol–water partition coefficient (Wildman–Crippen LogP) is 2.89. The Balaban J connectivity index is 1.64. The summed E-state index contributed by atoms with van der Waals surface area (Å²) in [5.41, 5.74) is 1.17. The molecule has 33 heavy (non-hydrogen) atoms. The molecule has 1 fully saturated rings. The summed E-state index contributed by atoms with van der Waals surface area (Å²) < 4.78 is 3.66. The fourth-order valence-electron chi connectivity index (χ4n) is 4.57. The van der Waals surface area contributed by atoms with E-state index in [1.807, 2.05) is 36.4 Å². The molecule has 0 amide bonds. The maximum absolute atomic E-state index is 13.7. The third kappa shape index (κ3) is 4.04. The van der Waals surface area contributed by atoms with Crippen molar-refractivity contribution in [2.24, 2.45) is 0 Å². The molecule has 1 aliphatic rings. The molecule has 0 spiro atoms. The smallest absolute Gasteiger partial charge is 0.298 e. The van der Waals surface area contributed by atoms with Crippen molar-refractivity contribution in [3.05, 3.63) is 63.1 Å². The number of likely N-dealkylation sites (tertiary alicyclic amines) is 1. The van der Waals surface area contributed by atoms with E-state index in [1.165, 1.54) is 15.9 Å². The zero-order valence-corrected chi connectivity index (χ0v) is 19.8. The van der Waals surface area contributed by atoms with Gasteiger partial charge < -0.3 is 0 Å². The second-order valence-corrected chi connectivity index (χ2v) is 10.5. The molecule has 0 bridgehead atoms. The minimum absolute atomic E-state index is 0.0665. The normalized spacial score (nSPS) is 16.0. The van der Waals surface area contributed by atoms with Crippen LogP contribution >= 0.6 is 11.3 Å². The number of piperidine rings is 1. The minimum Gasteiger partial charge on any atom is -0.298 e. The molecule has 4 aromatic rings. The molecule has 9 nitrogen and oxygen atoms in total. The van der Waals surface area contributed by atoms with Crippen molar-refractivity contribution in [3.63, 3.8) is 0 Å². The molecule has 5 rings (SSSR count). The van der Waals surface area contributed by atoms with Crippen LogP contribution in [0.2, 0.25) is 0 Å². The number of rotatable bonds is 4. The second kappa shape index (κ2) is 8.35. The highest BCUT2D eigenvalue weighted by molar-refractivity contribution is 7.22. The lowest BCUT2D eigenvalue weighted by Crippen LogP contribution is -2.50. The lowest BCUT2D eigenvalue weighted by molar-refractivity contribution is 0.0879. The number of aromatic nitrogens is 6. The van der Waals surface area contributed by atoms with Crippen molar-refractivity contribution in [2.75, 3.05) is 13.1 Å². The number of aromatic amines is 1. The van der Waals surface area contributed by atoms with Crippen LogP contribution in [-0.2, 0) is 6.54 Å². The Hall–Kier alpha value is -3.11. The first-order valence-corrected chi connectivity index (χ1v) is 12.0. The SMILES string of the molecule is CC(C)(C)N1CCC(n2c(=O)c3sc(-c4ccccc4)cc3n(Cc3nn[nH]n3)c2=O)CC1. The third-order valence-corrected chi connectivity index (χ3v) is 7.54. The Labute approximate surface area is 194 Å². The number of hydrogen-bond donors (Lipinski definition) is 1. The first-order chi connectivity index (χ1) is 15.8. The molecular weight excluding hydrogens is 438 g/mol. The molecular formula is C23H27N7O2S. The fourth-order valence-corrected chi connectivity index (χ4v) is 5.67. The van der Waals surface area contributed by atoms with Crippen molar-refractivity contribution in [3.8, 4) is 10.4 Å². The highest BCUT2D eigenvalue weighted by atomic mass is 32.1. The van der Waals surface area contributed by atoms with Gasteiger partial charge in [0.15, 0.2) is 5.82 Å². The van der Waals surface area contributed by atoms with Crippen LogP contribution in [0.4, 0.5) is 0 Å². The first kappa shape index (κ1) is 21.7. The van der Waals surface area contributed by atoms with Crippen LogP contribution in [0.5, 0.6) is 0 Å². The quantitative estimate of drug-likeness (QED) is 0.497. The second-order valence-electron chi connectivity index (χ2n) is 9.45. The molecule has 0 unspecified atom stereocenters. The third-order valence-electron chi connectivity index (χ3n) is 6.38. The number of nitrogens with zero attached hydrogens (tertiary/aromatic N) is 6. The summed E-state index contributed by atoms with van der Waals surface area (Å²) in [5.74, 6) is 0.401. The number of fused-ring (bicyclic) bond motifs is 1. The molecule has 4 heterocycles. The maximum Gasteiger partial charge on any atom is 0.332 e. The number of nitrogens with one attached hydrogen (secondary N) is 1. The monoisotopic (exact) mass is 465 g/mol. The summed E-state index contributed by atoms with van der Waals surface area (Å²) in [4.78, 5) is 30.7. The number of benzene rings is 1. The molecule has 1 N–H and O–H groups in total. The van der Waals surface area contributed by atoms with E-state index in [9.17, 15) is 9.59 Å². The zero-order valence-electron chi connectivity index (χ0n) is 19.0. The van der Waals surface area contributed by atoms with E-state index in [0.717, 1.165) is 36.4 Å². The van der Waals surface area contributed by atoms with Gasteiger partial charge in [-0.25, -0.2) is 4.79 Å². The summed E-state index contributed by atoms with van der Waals surface area (Å²) >= 11 is 1.43. The van der Waals surface area contributed by atoms with Crippen LogP contribution in [0.25, 0.3) is 20.7 Å². The standard InChI is InChI=1S/C23H27N7O2S/c1-23(2,3)28-11-9-16(10-12-28)30-21(31)20-17(13-18(33-20)15-7-5-4-6-8-15)29(22(30)32)14-19-24-26-27-25-19/h4-8,13,16H,9-12,14H2,1-3H3,(H,24,25,26,27). The van der Waals surface area contributed by atoms with E-state index >= 15 is 0 Å². The van der Waals surface area contributed by atoms with Crippen LogP contribution in [0.15, 0.2) is 46.0 Å². The molecule has 1 aliphatic heterocycles. The van der Waals surface area contributed by atoms with Crippen LogP contribution in [0.3, 0.4) is 0 Å². The van der Waals surface area contributed by atoms with E-state index in [1.54, 1.807) is 4.57 Å². The van der Waals surface area contributed by atoms with E-state index in [4.69, 9.17) is 0 Å². The van der Waals surface area contributed by atoms with Crippen molar-refractivity contribution in [1.82, 2.24) is 34.7 Å². The van der Waals surface area contributed by atoms with E-state index in [2.05, 4.69) is 46.3 Å². The Kier molecular flexibility index (Phi) is 5.49. The fraction of sp³-hybridized carbons (Fsp3) is 0.435. The van der Waals surface area contributed by atoms with Crippen molar-refractivity contribution in [2.45, 2.75) is 51.7 Å². The van der Waals surface area contributed by atoms with Gasteiger partial charge in [-0.15, -0.1) is 21.5 Å². The number of H-pyrrole nitrogens is 1. The van der Waals surface area contributed by atoms with E-state index in [-0.39, 0.29) is 29.4 Å². The molecule has 3 aromatic heterocycles. The largest absolute Gasteiger partial charge is 0.332 e. The van der Waals surface area contributed by atoms with Crippen LogP contribution in [-0.4, -0.2) is 53.3 Å². The van der Waals surface area contributed by atoms with Gasteiger partial charge in [-0.1, -0.05) is 35.5 Å². The predicted molar refractivity (Wildman–Crippen MR) is 129 cm³/mol. The number of hydrogen-bond acceptors (Lipinski definition) is 7. The van der Waals surface area contributed by atoms with Gasteiger partial charge in [0, 0.05) is 29.5 Å². The molecule has 0 radical (unpaired) electrons. The summed E-state index contributed by atoms with van der Waals surface area (Å²) in [5, 5.41) is 14.1. The maximum atomic E-state index is 13.7. The topological polar surface area (TPSA) is 102 Å². The summed E-state index contributed by atoms with van der Waals surface area (Å²) in [6.07, 6.45) is 1.52. The van der Waals surface area contributed by atoms with Crippen molar-refractivity contribution >= 4 is 21.6 Å². The highest BCUT2D eigenvalue weighted by Crippen LogP contribution is 2.32. The highest BCUT2D eigenvalue weighted by Gasteiger charge is 2.30. The van der Waals surface area contributed by atoms with Crippen molar-refractivity contribution < 1.29 is 0 Å². The molecule has 10 heteroatoms. The first-order valence-electron chi connectivity index (χ1n) is 11.1. The van der Waals surface area contributed by atoms with Gasteiger partial charge in [0.05, 0.1) is 12.1 Å². The molecule has 1 saturated heterocycles. The number of thiophene rings is 1. The number of tetrazole rings is 1. The Morgan fingerprint density at radius 2 is 1.85 bits per heavy atom. The van der Waals surface area contributed by atoms with Gasteiger partial charge in [-0.05, 0) is 45.2 Å². The average Bonchev–Trinajstić information content (AvgIpc) is 3.47. The summed E-state index contributed by atoms with van der Waals surface area (Å²) in [6, 6.07) is 11.7. The Morgan fingerprint density at radius 3 is 2.48 bits per heavy atom. The minimum atomic E-state index is -0.316. The van der Waals surface area contributed by atoms with Gasteiger partial charge in [0.2, 0.25) is 0 Å². The molecule has 0 saturated carbocycles. The molecule has 1 aromatic carbocycles. The van der Waals surface area contributed by atoms with Crippen LogP contribution in [0, 0.1) is 0 Å². The Morgan fingerprint density at radius 1 is 1.12 bits per heavy atom. The van der Waals surface area contributed by atoms with Gasteiger partial charge in [-0.2, -0.15) is 5.21 Å². The Bertz CT molecular complexity index is 1370. The lowest BCUT2D eigenvalue weighted by atomic mass is 9.98. The van der Waals surface area contributed by atoms with Gasteiger partial charge in [-0.3, -0.25) is 18.8 Å². The van der Waals surface area contributed by atoms with E-state index < -0.39 is 0 Å². The average molecular weight is 466 g/mol. The van der Waals surface area contributed by atoms with Gasteiger partial charge >= 0.3 is 5.69 Å². The van der Waals surface area contributed by atoms with Crippen LogP contribution in [0.1, 0.15) is 45.5 Å². The van der Waals surface area contributed by atoms with E-state index in [0.29, 0.717) is 16.0 Å². The van der Waals surface area contributed by atoms with Crippen LogP contribution < -0.4 is 11.2 Å².